The SMILES string of the molecule is CCCOc1ccccc1C(=O)N1CCN2C(=O)OCC2C1. The highest BCUT2D eigenvalue weighted by Crippen LogP contribution is 2.23. The van der Waals surface area contributed by atoms with E-state index in [4.69, 9.17) is 9.47 Å². The summed E-state index contributed by atoms with van der Waals surface area (Å²) in [6.45, 7) is 4.52. The molecule has 1 aromatic rings. The molecule has 1 aromatic carbocycles. The van der Waals surface area contributed by atoms with E-state index in [0.29, 0.717) is 44.2 Å². The third-order valence-corrected chi connectivity index (χ3v) is 3.98. The molecule has 0 bridgehead atoms. The molecular weight excluding hydrogens is 284 g/mol. The predicted molar refractivity (Wildman–Crippen MR) is 80.0 cm³/mol. The third-order valence-electron chi connectivity index (χ3n) is 3.98. The Morgan fingerprint density at radius 1 is 1.36 bits per heavy atom. The van der Waals surface area contributed by atoms with Gasteiger partial charge in [-0.25, -0.2) is 4.79 Å². The van der Waals surface area contributed by atoms with E-state index >= 15 is 0 Å². The minimum absolute atomic E-state index is 0.0334. The molecule has 2 saturated heterocycles. The number of hydrogen-bond donors (Lipinski definition) is 0. The molecule has 1 unspecified atom stereocenters. The second-order valence-electron chi connectivity index (χ2n) is 5.52. The Balaban J connectivity index is 1.73. The zero-order valence-electron chi connectivity index (χ0n) is 12.7. The molecule has 0 aliphatic carbocycles. The maximum Gasteiger partial charge on any atom is 0.410 e. The minimum atomic E-state index is -0.274. The van der Waals surface area contributed by atoms with Crippen LogP contribution in [0.25, 0.3) is 0 Å². The standard InChI is InChI=1S/C16H20N2O4/c1-2-9-21-14-6-4-3-5-13(14)15(19)17-7-8-18-12(10-17)11-22-16(18)20/h3-6,12H,2,7-11H2,1H3. The van der Waals surface area contributed by atoms with Gasteiger partial charge in [-0.1, -0.05) is 19.1 Å². The fraction of sp³-hybridized carbons (Fsp3) is 0.500. The fourth-order valence-corrected chi connectivity index (χ4v) is 2.82. The number of carbonyl (C=O) groups is 2. The molecule has 0 saturated carbocycles. The van der Waals surface area contributed by atoms with Gasteiger partial charge in [0.25, 0.3) is 5.91 Å². The molecule has 0 spiro atoms. The van der Waals surface area contributed by atoms with Crippen molar-refractivity contribution >= 4 is 12.0 Å². The van der Waals surface area contributed by atoms with Crippen molar-refractivity contribution in [1.29, 1.82) is 0 Å². The van der Waals surface area contributed by atoms with Crippen LogP contribution < -0.4 is 4.74 Å². The van der Waals surface area contributed by atoms with Gasteiger partial charge in [-0.15, -0.1) is 0 Å². The van der Waals surface area contributed by atoms with Crippen molar-refractivity contribution in [1.82, 2.24) is 9.80 Å². The lowest BCUT2D eigenvalue weighted by Gasteiger charge is -2.35. The summed E-state index contributed by atoms with van der Waals surface area (Å²) in [4.78, 5) is 27.7. The maximum atomic E-state index is 12.8. The summed E-state index contributed by atoms with van der Waals surface area (Å²) in [5.74, 6) is 0.571. The predicted octanol–water partition coefficient (Wildman–Crippen LogP) is 1.75. The van der Waals surface area contributed by atoms with E-state index in [2.05, 4.69) is 0 Å². The Morgan fingerprint density at radius 2 is 2.18 bits per heavy atom. The van der Waals surface area contributed by atoms with Crippen molar-refractivity contribution < 1.29 is 19.1 Å². The van der Waals surface area contributed by atoms with Gasteiger partial charge in [0.15, 0.2) is 0 Å². The average molecular weight is 304 g/mol. The Bertz CT molecular complexity index is 575. The number of rotatable bonds is 4. The molecule has 2 fully saturated rings. The van der Waals surface area contributed by atoms with Gasteiger partial charge in [-0.2, -0.15) is 0 Å². The highest BCUT2D eigenvalue weighted by molar-refractivity contribution is 5.97. The van der Waals surface area contributed by atoms with E-state index < -0.39 is 0 Å². The van der Waals surface area contributed by atoms with E-state index in [-0.39, 0.29) is 18.0 Å². The first kappa shape index (κ1) is 14.7. The van der Waals surface area contributed by atoms with Crippen molar-refractivity contribution in [2.24, 2.45) is 0 Å². The number of amides is 2. The molecule has 1 atom stereocenters. The van der Waals surface area contributed by atoms with Gasteiger partial charge < -0.3 is 14.4 Å². The molecule has 6 heteroatoms. The summed E-state index contributed by atoms with van der Waals surface area (Å²) in [6.07, 6.45) is 0.617. The van der Waals surface area contributed by atoms with Gasteiger partial charge in [-0.3, -0.25) is 9.69 Å². The highest BCUT2D eigenvalue weighted by atomic mass is 16.6. The Labute approximate surface area is 129 Å². The van der Waals surface area contributed by atoms with Gasteiger partial charge in [-0.05, 0) is 18.6 Å². The number of para-hydroxylation sites is 1. The van der Waals surface area contributed by atoms with Crippen LogP contribution >= 0.6 is 0 Å². The molecule has 0 N–H and O–H groups in total. The number of carbonyl (C=O) groups excluding carboxylic acids is 2. The van der Waals surface area contributed by atoms with Crippen molar-refractivity contribution in [3.8, 4) is 5.75 Å². The first-order valence-corrected chi connectivity index (χ1v) is 7.65. The largest absolute Gasteiger partial charge is 0.493 e. The number of benzene rings is 1. The molecule has 22 heavy (non-hydrogen) atoms. The molecule has 0 aromatic heterocycles. The second-order valence-corrected chi connectivity index (χ2v) is 5.52. The summed E-state index contributed by atoms with van der Waals surface area (Å²) in [5, 5.41) is 0. The number of nitrogens with zero attached hydrogens (tertiary/aromatic N) is 2. The quantitative estimate of drug-likeness (QED) is 0.850. The molecule has 3 rings (SSSR count). The van der Waals surface area contributed by atoms with Crippen LogP contribution in [0.1, 0.15) is 23.7 Å². The van der Waals surface area contributed by atoms with Crippen molar-refractivity contribution in [3.63, 3.8) is 0 Å². The van der Waals surface area contributed by atoms with Gasteiger partial charge in [0.05, 0.1) is 18.2 Å². The van der Waals surface area contributed by atoms with E-state index in [1.165, 1.54) is 0 Å². The van der Waals surface area contributed by atoms with Crippen LogP contribution in [0, 0.1) is 0 Å². The first-order chi connectivity index (χ1) is 10.7. The molecule has 118 valence electrons. The first-order valence-electron chi connectivity index (χ1n) is 7.65. The number of cyclic esters (lactones) is 1. The topological polar surface area (TPSA) is 59.1 Å². The Morgan fingerprint density at radius 3 is 3.00 bits per heavy atom. The van der Waals surface area contributed by atoms with Gasteiger partial charge in [0.1, 0.15) is 12.4 Å². The van der Waals surface area contributed by atoms with E-state index in [0.717, 1.165) is 6.42 Å². The number of hydrogen-bond acceptors (Lipinski definition) is 4. The maximum absolute atomic E-state index is 12.8. The third kappa shape index (κ3) is 2.73. The van der Waals surface area contributed by atoms with E-state index in [9.17, 15) is 9.59 Å². The van der Waals surface area contributed by atoms with Crippen LogP contribution in [0.15, 0.2) is 24.3 Å². The molecule has 2 aliphatic heterocycles. The van der Waals surface area contributed by atoms with Crippen molar-refractivity contribution in [3.05, 3.63) is 29.8 Å². The summed E-state index contributed by atoms with van der Waals surface area (Å²) in [6, 6.07) is 7.28. The van der Waals surface area contributed by atoms with Crippen LogP contribution in [-0.2, 0) is 4.74 Å². The normalized spacial score (nSPS) is 20.6. The van der Waals surface area contributed by atoms with Crippen molar-refractivity contribution in [2.45, 2.75) is 19.4 Å². The summed E-state index contributed by atoms with van der Waals surface area (Å²) >= 11 is 0. The van der Waals surface area contributed by atoms with Gasteiger partial charge in [0, 0.05) is 19.6 Å². The molecular formula is C16H20N2O4. The molecule has 0 radical (unpaired) electrons. The van der Waals surface area contributed by atoms with Crippen LogP contribution in [0.2, 0.25) is 0 Å². The Kier molecular flexibility index (Phi) is 4.18. The van der Waals surface area contributed by atoms with Gasteiger partial charge in [0.2, 0.25) is 0 Å². The highest BCUT2D eigenvalue weighted by Gasteiger charge is 2.39. The summed E-state index contributed by atoms with van der Waals surface area (Å²) in [7, 11) is 0. The smallest absolute Gasteiger partial charge is 0.410 e. The lowest BCUT2D eigenvalue weighted by Crippen LogP contribution is -2.53. The average Bonchev–Trinajstić information content (AvgIpc) is 2.93. The van der Waals surface area contributed by atoms with E-state index in [1.807, 2.05) is 25.1 Å². The zero-order chi connectivity index (χ0) is 15.5. The fourth-order valence-electron chi connectivity index (χ4n) is 2.82. The second kappa shape index (κ2) is 6.25. The summed E-state index contributed by atoms with van der Waals surface area (Å²) in [5.41, 5.74) is 0.578. The van der Waals surface area contributed by atoms with Crippen LogP contribution in [0.3, 0.4) is 0 Å². The lowest BCUT2D eigenvalue weighted by molar-refractivity contribution is 0.0613. The summed E-state index contributed by atoms with van der Waals surface area (Å²) < 4.78 is 10.7. The number of ether oxygens (including phenoxy) is 2. The van der Waals surface area contributed by atoms with Crippen LogP contribution in [0.5, 0.6) is 5.75 Å². The number of piperazine rings is 1. The number of fused-ring (bicyclic) bond motifs is 1. The lowest BCUT2D eigenvalue weighted by atomic mass is 10.1. The molecule has 2 heterocycles. The van der Waals surface area contributed by atoms with E-state index in [1.54, 1.807) is 15.9 Å². The monoisotopic (exact) mass is 304 g/mol. The van der Waals surface area contributed by atoms with Crippen LogP contribution in [0.4, 0.5) is 4.79 Å². The Hall–Kier alpha value is -2.24. The van der Waals surface area contributed by atoms with Gasteiger partial charge >= 0.3 is 6.09 Å². The molecule has 2 amide bonds. The zero-order valence-corrected chi connectivity index (χ0v) is 12.7. The molecule has 2 aliphatic rings. The van der Waals surface area contributed by atoms with Crippen molar-refractivity contribution in [2.75, 3.05) is 32.8 Å². The van der Waals surface area contributed by atoms with Crippen LogP contribution in [-0.4, -0.2) is 60.7 Å². The molecule has 6 nitrogen and oxygen atoms in total. The minimum Gasteiger partial charge on any atom is -0.493 e.